The Bertz CT molecular complexity index is 436. The van der Waals surface area contributed by atoms with Crippen LogP contribution in [0.15, 0.2) is 24.3 Å². The fraction of sp³-hybridized carbons (Fsp3) is 0.462. The van der Waals surface area contributed by atoms with Crippen molar-refractivity contribution in [1.82, 2.24) is 5.32 Å². The Balaban J connectivity index is 1.92. The molecular weight excluding hydrogens is 259 g/mol. The van der Waals surface area contributed by atoms with Gasteiger partial charge >= 0.3 is 6.18 Å². The van der Waals surface area contributed by atoms with Gasteiger partial charge in [0.15, 0.2) is 0 Å². The van der Waals surface area contributed by atoms with E-state index >= 15 is 0 Å². The second-order valence-corrected chi connectivity index (χ2v) is 4.51. The number of carbonyl (C=O) groups is 1. The summed E-state index contributed by atoms with van der Waals surface area (Å²) in [6.45, 7) is 1.80. The van der Waals surface area contributed by atoms with E-state index in [1.165, 1.54) is 12.1 Å². The summed E-state index contributed by atoms with van der Waals surface area (Å²) in [5, 5.41) is 2.70. The largest absolute Gasteiger partial charge is 0.416 e. The Morgan fingerprint density at radius 1 is 1.32 bits per heavy atom. The predicted molar refractivity (Wildman–Crippen MR) is 62.7 cm³/mol. The number of nitrogens with one attached hydrogen (secondary N) is 1. The van der Waals surface area contributed by atoms with Crippen LogP contribution >= 0.6 is 0 Å². The quantitative estimate of drug-likeness (QED) is 0.918. The molecule has 1 fully saturated rings. The molecule has 1 aromatic rings. The Morgan fingerprint density at radius 2 is 2.00 bits per heavy atom. The monoisotopic (exact) mass is 273 g/mol. The zero-order chi connectivity index (χ0) is 13.9. The first-order valence-corrected chi connectivity index (χ1v) is 6.00. The summed E-state index contributed by atoms with van der Waals surface area (Å²) in [5.74, 6) is -0.0703. The lowest BCUT2D eigenvalue weighted by atomic mass is 10.1. The van der Waals surface area contributed by atoms with Crippen molar-refractivity contribution in [3.63, 3.8) is 0 Å². The van der Waals surface area contributed by atoms with Crippen LogP contribution in [0.3, 0.4) is 0 Å². The van der Waals surface area contributed by atoms with Crippen LogP contribution < -0.4 is 5.32 Å². The molecule has 1 N–H and O–H groups in total. The normalized spacial score (nSPS) is 19.4. The number of hydrogen-bond acceptors (Lipinski definition) is 2. The lowest BCUT2D eigenvalue weighted by Gasteiger charge is -2.10. The molecule has 1 aliphatic heterocycles. The number of rotatable bonds is 3. The van der Waals surface area contributed by atoms with Crippen molar-refractivity contribution in [2.24, 2.45) is 5.92 Å². The summed E-state index contributed by atoms with van der Waals surface area (Å²) in [6.07, 6.45) is -3.48. The van der Waals surface area contributed by atoms with E-state index in [-0.39, 0.29) is 11.5 Å². The maximum absolute atomic E-state index is 12.4. The van der Waals surface area contributed by atoms with Crippen molar-refractivity contribution in [1.29, 1.82) is 0 Å². The van der Waals surface area contributed by atoms with Crippen LogP contribution in [0.25, 0.3) is 0 Å². The van der Waals surface area contributed by atoms with E-state index in [2.05, 4.69) is 5.32 Å². The molecule has 0 radical (unpaired) electrons. The van der Waals surface area contributed by atoms with E-state index < -0.39 is 11.7 Å². The molecule has 0 bridgehead atoms. The molecule has 19 heavy (non-hydrogen) atoms. The minimum absolute atomic E-state index is 0.229. The minimum Gasteiger partial charge on any atom is -0.381 e. The Morgan fingerprint density at radius 3 is 2.53 bits per heavy atom. The average molecular weight is 273 g/mol. The zero-order valence-electron chi connectivity index (χ0n) is 10.2. The molecule has 2 rings (SSSR count). The second kappa shape index (κ2) is 5.61. The van der Waals surface area contributed by atoms with Crippen molar-refractivity contribution in [3.05, 3.63) is 35.4 Å². The van der Waals surface area contributed by atoms with Gasteiger partial charge in [0.05, 0.1) is 12.2 Å². The first-order valence-electron chi connectivity index (χ1n) is 6.00. The molecule has 0 aromatic heterocycles. The summed E-state index contributed by atoms with van der Waals surface area (Å²) in [5.41, 5.74) is -0.528. The highest BCUT2D eigenvalue weighted by Gasteiger charge is 2.30. The van der Waals surface area contributed by atoms with Crippen LogP contribution in [0, 0.1) is 5.92 Å². The Hall–Kier alpha value is -1.56. The molecule has 6 heteroatoms. The molecule has 1 atom stereocenters. The molecule has 1 aromatic carbocycles. The van der Waals surface area contributed by atoms with Gasteiger partial charge in [-0.1, -0.05) is 0 Å². The Labute approximate surface area is 108 Å². The number of carbonyl (C=O) groups excluding carboxylic acids is 1. The van der Waals surface area contributed by atoms with E-state index in [9.17, 15) is 18.0 Å². The van der Waals surface area contributed by atoms with Gasteiger partial charge in [0, 0.05) is 24.6 Å². The van der Waals surface area contributed by atoms with Crippen LogP contribution in [-0.2, 0) is 10.9 Å². The maximum atomic E-state index is 12.4. The predicted octanol–water partition coefficient (Wildman–Crippen LogP) is 2.47. The molecule has 3 nitrogen and oxygen atoms in total. The van der Waals surface area contributed by atoms with Crippen molar-refractivity contribution < 1.29 is 22.7 Å². The Kier molecular flexibility index (Phi) is 4.09. The lowest BCUT2D eigenvalue weighted by molar-refractivity contribution is -0.137. The maximum Gasteiger partial charge on any atom is 0.416 e. The highest BCUT2D eigenvalue weighted by Crippen LogP contribution is 2.29. The minimum atomic E-state index is -4.38. The standard InChI is InChI=1S/C13H14F3NO2/c14-13(15,16)11-3-1-10(2-4-11)12(18)17-7-9-5-6-19-8-9/h1-4,9H,5-8H2,(H,17,18). The van der Waals surface area contributed by atoms with Crippen LogP contribution in [0.1, 0.15) is 22.3 Å². The van der Waals surface area contributed by atoms with Gasteiger partial charge in [-0.25, -0.2) is 0 Å². The molecule has 1 saturated heterocycles. The van der Waals surface area contributed by atoms with E-state index in [0.717, 1.165) is 18.6 Å². The van der Waals surface area contributed by atoms with Gasteiger partial charge in [-0.2, -0.15) is 13.2 Å². The number of amides is 1. The van der Waals surface area contributed by atoms with Crippen molar-refractivity contribution in [2.45, 2.75) is 12.6 Å². The van der Waals surface area contributed by atoms with Gasteiger partial charge in [-0.3, -0.25) is 4.79 Å². The van der Waals surface area contributed by atoms with Gasteiger partial charge in [0.1, 0.15) is 0 Å². The van der Waals surface area contributed by atoms with Crippen LogP contribution in [0.5, 0.6) is 0 Å². The third-order valence-electron chi connectivity index (χ3n) is 3.05. The molecule has 0 saturated carbocycles. The highest BCUT2D eigenvalue weighted by molar-refractivity contribution is 5.94. The fourth-order valence-electron chi connectivity index (χ4n) is 1.89. The molecular formula is C13H14F3NO2. The summed E-state index contributed by atoms with van der Waals surface area (Å²) >= 11 is 0. The summed E-state index contributed by atoms with van der Waals surface area (Å²) in [7, 11) is 0. The first kappa shape index (κ1) is 13.9. The molecule has 1 amide bonds. The molecule has 104 valence electrons. The highest BCUT2D eigenvalue weighted by atomic mass is 19.4. The lowest BCUT2D eigenvalue weighted by Crippen LogP contribution is -2.29. The molecule has 1 unspecified atom stereocenters. The number of alkyl halides is 3. The van der Waals surface area contributed by atoms with E-state index in [0.29, 0.717) is 25.7 Å². The van der Waals surface area contributed by atoms with Gasteiger partial charge in [0.2, 0.25) is 0 Å². The van der Waals surface area contributed by atoms with Gasteiger partial charge < -0.3 is 10.1 Å². The van der Waals surface area contributed by atoms with Crippen LogP contribution in [-0.4, -0.2) is 25.7 Å². The van der Waals surface area contributed by atoms with Crippen LogP contribution in [0.4, 0.5) is 13.2 Å². The third-order valence-corrected chi connectivity index (χ3v) is 3.05. The first-order chi connectivity index (χ1) is 8.97. The smallest absolute Gasteiger partial charge is 0.381 e. The third kappa shape index (κ3) is 3.70. The second-order valence-electron chi connectivity index (χ2n) is 4.51. The summed E-state index contributed by atoms with van der Waals surface area (Å²) in [6, 6.07) is 4.19. The van der Waals surface area contributed by atoms with E-state index in [1.54, 1.807) is 0 Å². The number of benzene rings is 1. The SMILES string of the molecule is O=C(NCC1CCOC1)c1ccc(C(F)(F)F)cc1. The number of ether oxygens (including phenoxy) is 1. The molecule has 0 spiro atoms. The fourth-order valence-corrected chi connectivity index (χ4v) is 1.89. The number of halogens is 3. The topological polar surface area (TPSA) is 38.3 Å². The van der Waals surface area contributed by atoms with Crippen LogP contribution in [0.2, 0.25) is 0 Å². The molecule has 1 aliphatic rings. The number of hydrogen-bond donors (Lipinski definition) is 1. The van der Waals surface area contributed by atoms with Crippen molar-refractivity contribution in [3.8, 4) is 0 Å². The zero-order valence-corrected chi connectivity index (χ0v) is 10.2. The average Bonchev–Trinajstić information content (AvgIpc) is 2.88. The van der Waals surface area contributed by atoms with Gasteiger partial charge in [-0.05, 0) is 30.7 Å². The van der Waals surface area contributed by atoms with Gasteiger partial charge in [0.25, 0.3) is 5.91 Å². The molecule has 0 aliphatic carbocycles. The summed E-state index contributed by atoms with van der Waals surface area (Å²) in [4.78, 5) is 11.7. The van der Waals surface area contributed by atoms with E-state index in [4.69, 9.17) is 4.74 Å². The van der Waals surface area contributed by atoms with Crippen molar-refractivity contribution in [2.75, 3.05) is 19.8 Å². The van der Waals surface area contributed by atoms with E-state index in [1.807, 2.05) is 0 Å². The summed E-state index contributed by atoms with van der Waals surface area (Å²) < 4.78 is 42.2. The van der Waals surface area contributed by atoms with Gasteiger partial charge in [-0.15, -0.1) is 0 Å². The van der Waals surface area contributed by atoms with Crippen molar-refractivity contribution >= 4 is 5.91 Å². The molecule has 1 heterocycles.